The number of carbonyl (C=O) groups excluding carboxylic acids is 1. The second-order valence-corrected chi connectivity index (χ2v) is 5.92. The molecule has 2 aromatic heterocycles. The molecule has 0 saturated heterocycles. The number of rotatable bonds is 5. The van der Waals surface area contributed by atoms with Gasteiger partial charge in [-0.25, -0.2) is 4.98 Å². The summed E-state index contributed by atoms with van der Waals surface area (Å²) in [4.78, 5) is 17.4. The van der Waals surface area contributed by atoms with Gasteiger partial charge in [-0.1, -0.05) is 5.92 Å². The molecule has 6 nitrogen and oxygen atoms in total. The van der Waals surface area contributed by atoms with E-state index in [-0.39, 0.29) is 12.5 Å². The summed E-state index contributed by atoms with van der Waals surface area (Å²) in [5, 5.41) is 8.01. The summed E-state index contributed by atoms with van der Waals surface area (Å²) in [5.41, 5.74) is 3.06. The van der Waals surface area contributed by atoms with E-state index in [2.05, 4.69) is 16.3 Å². The number of fused-ring (bicyclic) bond motifs is 1. The van der Waals surface area contributed by atoms with Gasteiger partial charge < -0.3 is 10.1 Å². The van der Waals surface area contributed by atoms with Gasteiger partial charge >= 0.3 is 0 Å². The average molecular weight is 312 g/mol. The van der Waals surface area contributed by atoms with Crippen molar-refractivity contribution in [2.24, 2.45) is 7.05 Å². The Bertz CT molecular complexity index is 799. The minimum atomic E-state index is -0.461. The number of nitrogens with one attached hydrogen (secondary N) is 1. The van der Waals surface area contributed by atoms with Gasteiger partial charge in [0.05, 0.1) is 23.3 Å². The molecule has 23 heavy (non-hydrogen) atoms. The summed E-state index contributed by atoms with van der Waals surface area (Å²) in [6.45, 7) is 2.16. The molecule has 2 aromatic rings. The number of hydrogen-bond donors (Lipinski definition) is 1. The summed E-state index contributed by atoms with van der Waals surface area (Å²) < 4.78 is 6.76. The number of terminal acetylenes is 1. The van der Waals surface area contributed by atoms with Crippen LogP contribution < -0.4 is 5.32 Å². The van der Waals surface area contributed by atoms with Crippen molar-refractivity contribution in [2.75, 3.05) is 13.7 Å². The Kier molecular flexibility index (Phi) is 4.05. The summed E-state index contributed by atoms with van der Waals surface area (Å²) in [6, 6.07) is 1.42. The third-order valence-electron chi connectivity index (χ3n) is 4.07. The Morgan fingerprint density at radius 3 is 2.96 bits per heavy atom. The molecule has 0 bridgehead atoms. The van der Waals surface area contributed by atoms with Crippen molar-refractivity contribution < 1.29 is 9.53 Å². The summed E-state index contributed by atoms with van der Waals surface area (Å²) in [5.74, 6) is 2.76. The van der Waals surface area contributed by atoms with Crippen molar-refractivity contribution in [3.8, 4) is 12.3 Å². The summed E-state index contributed by atoms with van der Waals surface area (Å²) >= 11 is 0. The van der Waals surface area contributed by atoms with Crippen LogP contribution in [0.25, 0.3) is 11.0 Å². The monoisotopic (exact) mass is 312 g/mol. The quantitative estimate of drug-likeness (QED) is 0.850. The summed E-state index contributed by atoms with van der Waals surface area (Å²) in [6.07, 6.45) is 7.68. The lowest BCUT2D eigenvalue weighted by Gasteiger charge is -2.13. The van der Waals surface area contributed by atoms with E-state index in [1.54, 1.807) is 11.8 Å². The molecule has 1 aliphatic carbocycles. The van der Waals surface area contributed by atoms with Crippen molar-refractivity contribution in [1.82, 2.24) is 20.1 Å². The number of amides is 1. The molecule has 120 valence electrons. The maximum atomic E-state index is 12.7. The first-order chi connectivity index (χ1) is 11.0. The molecule has 0 spiro atoms. The van der Waals surface area contributed by atoms with Gasteiger partial charge in [-0.05, 0) is 25.8 Å². The van der Waals surface area contributed by atoms with Crippen molar-refractivity contribution >= 4 is 16.9 Å². The Hall–Kier alpha value is -2.39. The first-order valence-electron chi connectivity index (χ1n) is 7.65. The highest BCUT2D eigenvalue weighted by Crippen LogP contribution is 2.40. The van der Waals surface area contributed by atoms with Crippen LogP contribution in [0.2, 0.25) is 0 Å². The van der Waals surface area contributed by atoms with Gasteiger partial charge in [0.25, 0.3) is 5.91 Å². The van der Waals surface area contributed by atoms with E-state index in [1.807, 2.05) is 20.0 Å². The smallest absolute Gasteiger partial charge is 0.253 e. The second-order valence-electron chi connectivity index (χ2n) is 5.92. The van der Waals surface area contributed by atoms with Gasteiger partial charge in [0.2, 0.25) is 0 Å². The van der Waals surface area contributed by atoms with Crippen LogP contribution in [0.1, 0.15) is 40.5 Å². The van der Waals surface area contributed by atoms with Gasteiger partial charge in [0, 0.05) is 25.8 Å². The maximum Gasteiger partial charge on any atom is 0.253 e. The standard InChI is InChI=1S/C17H20N4O2/c1-5-12(9-23-4)18-17(22)13-8-14(11-6-7-11)19-16-15(13)10(2)20-21(16)3/h1,8,11-12H,6-7,9H2,2-4H3,(H,18,22)/t12-/m1/s1. The molecular formula is C17H20N4O2. The molecule has 1 amide bonds. The molecular weight excluding hydrogens is 292 g/mol. The molecule has 3 rings (SSSR count). The van der Waals surface area contributed by atoms with E-state index < -0.39 is 6.04 Å². The molecule has 0 unspecified atom stereocenters. The number of hydrogen-bond acceptors (Lipinski definition) is 4. The van der Waals surface area contributed by atoms with Crippen molar-refractivity contribution in [2.45, 2.75) is 31.7 Å². The molecule has 1 saturated carbocycles. The minimum Gasteiger partial charge on any atom is -0.382 e. The van der Waals surface area contributed by atoms with Crippen LogP contribution in [0.4, 0.5) is 0 Å². The zero-order valence-electron chi connectivity index (χ0n) is 13.6. The number of aromatic nitrogens is 3. The highest BCUT2D eigenvalue weighted by Gasteiger charge is 2.28. The van der Waals surface area contributed by atoms with Gasteiger partial charge in [0.15, 0.2) is 5.65 Å². The van der Waals surface area contributed by atoms with E-state index in [4.69, 9.17) is 16.1 Å². The normalized spacial score (nSPS) is 15.4. The van der Waals surface area contributed by atoms with Crippen LogP contribution in [0.5, 0.6) is 0 Å². The molecule has 0 aliphatic heterocycles. The zero-order valence-corrected chi connectivity index (χ0v) is 13.6. The van der Waals surface area contributed by atoms with E-state index in [1.165, 1.54) is 0 Å². The average Bonchev–Trinajstić information content (AvgIpc) is 3.33. The number of aryl methyl sites for hydroxylation is 2. The molecule has 6 heteroatoms. The minimum absolute atomic E-state index is 0.213. The predicted octanol–water partition coefficient (Wildman–Crippen LogP) is 1.53. The molecule has 1 aliphatic rings. The highest BCUT2D eigenvalue weighted by molar-refractivity contribution is 6.06. The predicted molar refractivity (Wildman–Crippen MR) is 87.2 cm³/mol. The van der Waals surface area contributed by atoms with Crippen LogP contribution in [-0.2, 0) is 11.8 Å². The lowest BCUT2D eigenvalue weighted by atomic mass is 10.1. The van der Waals surface area contributed by atoms with E-state index in [0.29, 0.717) is 11.5 Å². The molecule has 1 N–H and O–H groups in total. The Labute approximate surface area is 135 Å². The van der Waals surface area contributed by atoms with E-state index in [9.17, 15) is 4.79 Å². The Morgan fingerprint density at radius 2 is 2.35 bits per heavy atom. The SMILES string of the molecule is C#C[C@H](COC)NC(=O)c1cc(C2CC2)nc2c1c(C)nn2C. The van der Waals surface area contributed by atoms with Gasteiger partial charge in [-0.15, -0.1) is 6.42 Å². The topological polar surface area (TPSA) is 69.0 Å². The fourth-order valence-corrected chi connectivity index (χ4v) is 2.77. The highest BCUT2D eigenvalue weighted by atomic mass is 16.5. The van der Waals surface area contributed by atoms with Crippen LogP contribution in [0.3, 0.4) is 0 Å². The van der Waals surface area contributed by atoms with Gasteiger partial charge in [-0.2, -0.15) is 5.10 Å². The molecule has 1 fully saturated rings. The number of carbonyl (C=O) groups is 1. The van der Waals surface area contributed by atoms with Crippen LogP contribution in [-0.4, -0.2) is 40.4 Å². The largest absolute Gasteiger partial charge is 0.382 e. The first kappa shape index (κ1) is 15.5. The molecule has 1 atom stereocenters. The molecule has 0 radical (unpaired) electrons. The van der Waals surface area contributed by atoms with Crippen molar-refractivity contribution in [3.63, 3.8) is 0 Å². The third kappa shape index (κ3) is 2.92. The van der Waals surface area contributed by atoms with Crippen LogP contribution >= 0.6 is 0 Å². The third-order valence-corrected chi connectivity index (χ3v) is 4.07. The first-order valence-corrected chi connectivity index (χ1v) is 7.65. The number of ether oxygens (including phenoxy) is 1. The number of pyridine rings is 1. The van der Waals surface area contributed by atoms with E-state index >= 15 is 0 Å². The summed E-state index contributed by atoms with van der Waals surface area (Å²) in [7, 11) is 3.40. The van der Waals surface area contributed by atoms with Gasteiger partial charge in [0.1, 0.15) is 6.04 Å². The van der Waals surface area contributed by atoms with Crippen LogP contribution in [0.15, 0.2) is 6.07 Å². The van der Waals surface area contributed by atoms with E-state index in [0.717, 1.165) is 35.3 Å². The van der Waals surface area contributed by atoms with Crippen LogP contribution in [0, 0.1) is 19.3 Å². The maximum absolute atomic E-state index is 12.7. The molecule has 2 heterocycles. The fraction of sp³-hybridized carbons (Fsp3) is 0.471. The second kappa shape index (κ2) is 6.01. The lowest BCUT2D eigenvalue weighted by molar-refractivity contribution is 0.0920. The Morgan fingerprint density at radius 1 is 1.61 bits per heavy atom. The lowest BCUT2D eigenvalue weighted by Crippen LogP contribution is -2.37. The van der Waals surface area contributed by atoms with Crippen molar-refractivity contribution in [3.05, 3.63) is 23.0 Å². The number of nitrogens with zero attached hydrogens (tertiary/aromatic N) is 3. The zero-order chi connectivity index (χ0) is 16.6. The molecule has 0 aromatic carbocycles. The Balaban J connectivity index is 2.04. The fourth-order valence-electron chi connectivity index (χ4n) is 2.77. The van der Waals surface area contributed by atoms with Gasteiger partial charge in [-0.3, -0.25) is 9.48 Å². The number of methoxy groups -OCH3 is 1. The van der Waals surface area contributed by atoms with Crippen molar-refractivity contribution in [1.29, 1.82) is 0 Å².